The lowest BCUT2D eigenvalue weighted by Crippen LogP contribution is -2.11. The minimum atomic E-state index is -0.0626. The molecule has 1 rings (SSSR count). The van der Waals surface area contributed by atoms with Gasteiger partial charge in [0.1, 0.15) is 0 Å². The molecule has 0 fully saturated rings. The quantitative estimate of drug-likeness (QED) is 0.739. The lowest BCUT2D eigenvalue weighted by molar-refractivity contribution is 0.868. The number of hydrogen-bond donors (Lipinski definition) is 1. The summed E-state index contributed by atoms with van der Waals surface area (Å²) in [4.78, 5) is 0. The van der Waals surface area contributed by atoms with Gasteiger partial charge < -0.3 is 5.73 Å². The van der Waals surface area contributed by atoms with Crippen molar-refractivity contribution in [3.8, 4) is 0 Å². The Morgan fingerprint density at radius 3 is 2.53 bits per heavy atom. The van der Waals surface area contributed by atoms with Gasteiger partial charge in [0.15, 0.2) is 0 Å². The molecule has 0 aromatic heterocycles. The van der Waals surface area contributed by atoms with Crippen LogP contribution in [0.15, 0.2) is 66.8 Å². The van der Waals surface area contributed by atoms with E-state index in [0.717, 1.165) is 11.1 Å². The van der Waals surface area contributed by atoms with Crippen LogP contribution < -0.4 is 5.73 Å². The minimum absolute atomic E-state index is 0.0626. The molecule has 2 N–H and O–H groups in total. The van der Waals surface area contributed by atoms with Crippen LogP contribution in [0, 0.1) is 0 Å². The van der Waals surface area contributed by atoms with Crippen molar-refractivity contribution in [2.45, 2.75) is 13.0 Å². The number of benzene rings is 1. The molecule has 0 aliphatic carbocycles. The second kappa shape index (κ2) is 5.99. The topological polar surface area (TPSA) is 26.0 Å². The molecule has 1 aromatic carbocycles. The molecule has 0 radical (unpaired) electrons. The monoisotopic (exact) mass is 199 g/mol. The molecule has 0 saturated heterocycles. The van der Waals surface area contributed by atoms with Crippen LogP contribution in [0.4, 0.5) is 0 Å². The van der Waals surface area contributed by atoms with E-state index in [1.165, 1.54) is 0 Å². The van der Waals surface area contributed by atoms with Gasteiger partial charge in [-0.15, -0.1) is 0 Å². The second-order valence-corrected chi connectivity index (χ2v) is 3.27. The predicted octanol–water partition coefficient (Wildman–Crippen LogP) is 3.37. The molecule has 0 aliphatic heterocycles. The summed E-state index contributed by atoms with van der Waals surface area (Å²) in [5, 5.41) is 0. The third-order valence-electron chi connectivity index (χ3n) is 2.28. The molecule has 0 bridgehead atoms. The Bertz CT molecular complexity index is 360. The van der Waals surface area contributed by atoms with Gasteiger partial charge in [-0.05, 0) is 18.1 Å². The normalized spacial score (nSPS) is 14.1. The third-order valence-corrected chi connectivity index (χ3v) is 2.28. The summed E-state index contributed by atoms with van der Waals surface area (Å²) in [6.07, 6.45) is 7.67. The number of nitrogens with two attached hydrogens (primary N) is 1. The van der Waals surface area contributed by atoms with Crippen molar-refractivity contribution in [3.05, 3.63) is 72.4 Å². The highest BCUT2D eigenvalue weighted by Crippen LogP contribution is 2.19. The predicted molar refractivity (Wildman–Crippen MR) is 66.5 cm³/mol. The van der Waals surface area contributed by atoms with Crippen LogP contribution in [0.3, 0.4) is 0 Å². The average molecular weight is 199 g/mol. The van der Waals surface area contributed by atoms with E-state index in [4.69, 9.17) is 5.73 Å². The van der Waals surface area contributed by atoms with Gasteiger partial charge in [-0.3, -0.25) is 0 Å². The maximum absolute atomic E-state index is 6.14. The summed E-state index contributed by atoms with van der Waals surface area (Å²) >= 11 is 0. The zero-order chi connectivity index (χ0) is 11.1. The molecule has 1 nitrogen and oxygen atoms in total. The number of rotatable bonds is 4. The van der Waals surface area contributed by atoms with Crippen molar-refractivity contribution < 1.29 is 0 Å². The van der Waals surface area contributed by atoms with Crippen molar-refractivity contribution in [2.75, 3.05) is 0 Å². The summed E-state index contributed by atoms with van der Waals surface area (Å²) in [5.41, 5.74) is 8.36. The molecule has 0 saturated carbocycles. The molecule has 1 aromatic rings. The van der Waals surface area contributed by atoms with E-state index in [1.54, 1.807) is 6.08 Å². The molecule has 0 heterocycles. The van der Waals surface area contributed by atoms with Crippen LogP contribution in [-0.2, 0) is 0 Å². The minimum Gasteiger partial charge on any atom is -0.320 e. The van der Waals surface area contributed by atoms with Crippen LogP contribution in [0.1, 0.15) is 18.5 Å². The van der Waals surface area contributed by atoms with E-state index in [0.29, 0.717) is 0 Å². The van der Waals surface area contributed by atoms with Gasteiger partial charge in [0.25, 0.3) is 0 Å². The molecule has 0 amide bonds. The Kier molecular flexibility index (Phi) is 4.58. The Labute approximate surface area is 91.6 Å². The summed E-state index contributed by atoms with van der Waals surface area (Å²) in [6, 6.07) is 10.0. The molecular formula is C14H17N. The maximum Gasteiger partial charge on any atom is 0.0548 e. The fourth-order valence-electron chi connectivity index (χ4n) is 1.41. The van der Waals surface area contributed by atoms with Gasteiger partial charge in [0, 0.05) is 0 Å². The lowest BCUT2D eigenvalue weighted by atomic mass is 9.99. The summed E-state index contributed by atoms with van der Waals surface area (Å²) in [6.45, 7) is 5.64. The molecule has 0 spiro atoms. The Morgan fingerprint density at radius 2 is 2.00 bits per heavy atom. The lowest BCUT2D eigenvalue weighted by Gasteiger charge is -2.12. The van der Waals surface area contributed by atoms with Crippen LogP contribution in [0.5, 0.6) is 0 Å². The first kappa shape index (κ1) is 11.5. The van der Waals surface area contributed by atoms with Crippen LogP contribution in [-0.4, -0.2) is 0 Å². The van der Waals surface area contributed by atoms with Crippen molar-refractivity contribution in [3.63, 3.8) is 0 Å². The van der Waals surface area contributed by atoms with Gasteiger partial charge in [-0.2, -0.15) is 0 Å². The van der Waals surface area contributed by atoms with E-state index in [-0.39, 0.29) is 6.04 Å². The van der Waals surface area contributed by atoms with Crippen molar-refractivity contribution >= 4 is 0 Å². The van der Waals surface area contributed by atoms with E-state index in [2.05, 4.69) is 6.58 Å². The number of allylic oxidation sites excluding steroid dienone is 3. The zero-order valence-electron chi connectivity index (χ0n) is 9.06. The van der Waals surface area contributed by atoms with E-state index in [9.17, 15) is 0 Å². The molecule has 15 heavy (non-hydrogen) atoms. The molecule has 1 unspecified atom stereocenters. The highest BCUT2D eigenvalue weighted by Gasteiger charge is 2.07. The maximum atomic E-state index is 6.14. The van der Waals surface area contributed by atoms with Crippen molar-refractivity contribution in [1.29, 1.82) is 0 Å². The fraction of sp³-hybridized carbons (Fsp3) is 0.143. The smallest absolute Gasteiger partial charge is 0.0548 e. The van der Waals surface area contributed by atoms with E-state index >= 15 is 0 Å². The van der Waals surface area contributed by atoms with Gasteiger partial charge in [0.2, 0.25) is 0 Å². The first-order valence-corrected chi connectivity index (χ1v) is 5.05. The second-order valence-electron chi connectivity index (χ2n) is 3.27. The fourth-order valence-corrected chi connectivity index (χ4v) is 1.41. The third kappa shape index (κ3) is 3.22. The van der Waals surface area contributed by atoms with Gasteiger partial charge in [-0.25, -0.2) is 0 Å². The summed E-state index contributed by atoms with van der Waals surface area (Å²) in [5.74, 6) is 0. The van der Waals surface area contributed by atoms with Gasteiger partial charge in [-0.1, -0.05) is 61.2 Å². The largest absolute Gasteiger partial charge is 0.320 e. The highest BCUT2D eigenvalue weighted by molar-refractivity contribution is 5.34. The standard InChI is InChI=1S/C14H17N/c1-3-5-9-12(4-2)14(15)13-10-7-6-8-11-13/h3-11,14H,1,15H2,2H3/b9-5-,12-4+. The molecule has 78 valence electrons. The first-order chi connectivity index (χ1) is 7.29. The van der Waals surface area contributed by atoms with E-state index < -0.39 is 0 Å². The van der Waals surface area contributed by atoms with Crippen LogP contribution in [0.25, 0.3) is 0 Å². The summed E-state index contributed by atoms with van der Waals surface area (Å²) in [7, 11) is 0. The number of hydrogen-bond acceptors (Lipinski definition) is 1. The van der Waals surface area contributed by atoms with Crippen LogP contribution in [0.2, 0.25) is 0 Å². The Balaban J connectivity index is 2.88. The molecule has 1 heteroatoms. The Morgan fingerprint density at radius 1 is 1.33 bits per heavy atom. The zero-order valence-corrected chi connectivity index (χ0v) is 9.06. The Hall–Kier alpha value is -1.60. The van der Waals surface area contributed by atoms with E-state index in [1.807, 2.05) is 55.5 Å². The van der Waals surface area contributed by atoms with Crippen molar-refractivity contribution in [2.24, 2.45) is 5.73 Å². The first-order valence-electron chi connectivity index (χ1n) is 5.05. The summed E-state index contributed by atoms with van der Waals surface area (Å²) < 4.78 is 0. The average Bonchev–Trinajstić information content (AvgIpc) is 2.31. The molecule has 0 aliphatic rings. The molecular weight excluding hydrogens is 182 g/mol. The van der Waals surface area contributed by atoms with Crippen molar-refractivity contribution in [1.82, 2.24) is 0 Å². The SMILES string of the molecule is C=C/C=C\C(=C/C)C(N)c1ccccc1. The molecule has 1 atom stereocenters. The highest BCUT2D eigenvalue weighted by atomic mass is 14.6. The van der Waals surface area contributed by atoms with Gasteiger partial charge >= 0.3 is 0 Å². The van der Waals surface area contributed by atoms with Gasteiger partial charge in [0.05, 0.1) is 6.04 Å². The van der Waals surface area contributed by atoms with Crippen LogP contribution >= 0.6 is 0 Å².